The maximum Gasteiger partial charge on any atom is 0.260 e. The highest BCUT2D eigenvalue weighted by atomic mass is 16.3. The van der Waals surface area contributed by atoms with E-state index in [1.165, 1.54) is 0 Å². The molecule has 0 bridgehead atoms. The lowest BCUT2D eigenvalue weighted by molar-refractivity contribution is -0.138. The smallest absolute Gasteiger partial charge is 0.260 e. The summed E-state index contributed by atoms with van der Waals surface area (Å²) in [6.45, 7) is 1.96. The van der Waals surface area contributed by atoms with Gasteiger partial charge in [-0.15, -0.1) is 0 Å². The first kappa shape index (κ1) is 25.3. The SMILES string of the molecule is Cc1ccc(NN2C(=O)C3CC4C(=CCC5C(=O)NC(=O)C54)C(c4ccccc4O)C3(c3ccccc3)C2=O)cc1. The van der Waals surface area contributed by atoms with Crippen molar-refractivity contribution in [1.82, 2.24) is 10.3 Å². The van der Waals surface area contributed by atoms with E-state index in [0.717, 1.165) is 16.1 Å². The topological polar surface area (TPSA) is 116 Å². The molecule has 0 radical (unpaired) electrons. The quantitative estimate of drug-likeness (QED) is 0.336. The first-order valence-corrected chi connectivity index (χ1v) is 13.9. The van der Waals surface area contributed by atoms with Crippen LogP contribution in [0.4, 0.5) is 5.69 Å². The van der Waals surface area contributed by atoms with Crippen molar-refractivity contribution >= 4 is 29.3 Å². The summed E-state index contributed by atoms with van der Waals surface area (Å²) in [7, 11) is 0. The number of carbonyl (C=O) groups is 4. The molecular formula is C33H29N3O5. The van der Waals surface area contributed by atoms with Crippen LogP contribution in [0, 0.1) is 30.6 Å². The van der Waals surface area contributed by atoms with Crippen LogP contribution in [0.2, 0.25) is 0 Å². The van der Waals surface area contributed by atoms with Crippen molar-refractivity contribution in [2.45, 2.75) is 31.1 Å². The zero-order chi connectivity index (χ0) is 28.5. The van der Waals surface area contributed by atoms with E-state index in [-0.39, 0.29) is 24.0 Å². The summed E-state index contributed by atoms with van der Waals surface area (Å²) < 4.78 is 0. The molecule has 2 saturated heterocycles. The fourth-order valence-electron chi connectivity index (χ4n) is 7.73. The molecule has 3 aromatic carbocycles. The van der Waals surface area contributed by atoms with E-state index < -0.39 is 46.8 Å². The van der Waals surface area contributed by atoms with Gasteiger partial charge in [-0.3, -0.25) is 29.9 Å². The molecule has 6 atom stereocenters. The molecule has 4 aliphatic rings. The number of aryl methyl sites for hydroxylation is 1. The van der Waals surface area contributed by atoms with Crippen LogP contribution in [0.3, 0.4) is 0 Å². The standard InChI is InChI=1S/C33H29N3O5/c1-18-11-13-20(14-12-18)35-36-31(40)25-17-24-21(15-16-23-27(24)30(39)34-29(23)38)28(22-9-5-6-10-26(22)37)33(25,32(36)41)19-7-3-2-4-8-19/h2-15,23-25,27-28,35,37H,16-17H2,1H3,(H,34,38,39). The van der Waals surface area contributed by atoms with Gasteiger partial charge in [-0.25, -0.2) is 0 Å². The number of para-hydroxylation sites is 1. The predicted molar refractivity (Wildman–Crippen MR) is 150 cm³/mol. The van der Waals surface area contributed by atoms with Gasteiger partial charge in [0.25, 0.3) is 11.8 Å². The van der Waals surface area contributed by atoms with E-state index in [9.17, 15) is 24.3 Å². The molecule has 206 valence electrons. The molecular weight excluding hydrogens is 518 g/mol. The van der Waals surface area contributed by atoms with E-state index >= 15 is 0 Å². The highest BCUT2D eigenvalue weighted by molar-refractivity contribution is 6.13. The summed E-state index contributed by atoms with van der Waals surface area (Å²) in [5.74, 6) is -4.62. The lowest BCUT2D eigenvalue weighted by Gasteiger charge is -2.50. The summed E-state index contributed by atoms with van der Waals surface area (Å²) in [6.07, 6.45) is 2.54. The van der Waals surface area contributed by atoms with Crippen molar-refractivity contribution in [2.24, 2.45) is 23.7 Å². The Morgan fingerprint density at radius 1 is 0.878 bits per heavy atom. The Kier molecular flexibility index (Phi) is 5.64. The monoisotopic (exact) mass is 547 g/mol. The molecule has 6 unspecified atom stereocenters. The number of amides is 4. The number of hydrogen-bond acceptors (Lipinski definition) is 6. The minimum atomic E-state index is -1.39. The van der Waals surface area contributed by atoms with Gasteiger partial charge in [-0.05, 0) is 49.4 Å². The lowest BCUT2D eigenvalue weighted by Crippen LogP contribution is -2.53. The average molecular weight is 548 g/mol. The average Bonchev–Trinajstić information content (AvgIpc) is 3.39. The zero-order valence-corrected chi connectivity index (χ0v) is 22.4. The molecule has 2 aliphatic carbocycles. The number of carbonyl (C=O) groups excluding carboxylic acids is 4. The van der Waals surface area contributed by atoms with E-state index in [1.54, 1.807) is 24.3 Å². The molecule has 3 fully saturated rings. The van der Waals surface area contributed by atoms with Crippen LogP contribution < -0.4 is 10.7 Å². The second-order valence-corrected chi connectivity index (χ2v) is 11.5. The lowest BCUT2D eigenvalue weighted by atomic mass is 9.49. The van der Waals surface area contributed by atoms with Crippen LogP contribution in [0.25, 0.3) is 0 Å². The first-order chi connectivity index (χ1) is 19.8. The maximum atomic E-state index is 14.9. The van der Waals surface area contributed by atoms with Gasteiger partial charge in [0.15, 0.2) is 0 Å². The van der Waals surface area contributed by atoms with Crippen molar-refractivity contribution in [3.05, 3.63) is 107 Å². The van der Waals surface area contributed by atoms with Gasteiger partial charge in [0, 0.05) is 11.5 Å². The molecule has 41 heavy (non-hydrogen) atoms. The third-order valence-electron chi connectivity index (χ3n) is 9.48. The number of benzene rings is 3. The minimum Gasteiger partial charge on any atom is -0.508 e. The number of nitrogens with zero attached hydrogens (tertiary/aromatic N) is 1. The van der Waals surface area contributed by atoms with E-state index in [4.69, 9.17) is 0 Å². The van der Waals surface area contributed by atoms with Gasteiger partial charge in [0.2, 0.25) is 11.8 Å². The van der Waals surface area contributed by atoms with Gasteiger partial charge in [0.05, 0.1) is 28.9 Å². The summed E-state index contributed by atoms with van der Waals surface area (Å²) >= 11 is 0. The van der Waals surface area contributed by atoms with Crippen molar-refractivity contribution in [3.8, 4) is 5.75 Å². The van der Waals surface area contributed by atoms with Crippen molar-refractivity contribution in [1.29, 1.82) is 0 Å². The van der Waals surface area contributed by atoms with Crippen LogP contribution in [0.5, 0.6) is 5.75 Å². The third kappa shape index (κ3) is 3.53. The fourth-order valence-corrected chi connectivity index (χ4v) is 7.73. The Balaban J connectivity index is 1.47. The molecule has 2 aliphatic heterocycles. The van der Waals surface area contributed by atoms with Crippen LogP contribution in [0.1, 0.15) is 35.4 Å². The summed E-state index contributed by atoms with van der Waals surface area (Å²) in [4.78, 5) is 55.0. The molecule has 8 nitrogen and oxygen atoms in total. The number of phenolic OH excluding ortho intramolecular Hbond substituents is 1. The number of imide groups is 2. The number of allylic oxidation sites excluding steroid dienone is 2. The Labute approximate surface area is 237 Å². The Morgan fingerprint density at radius 2 is 1.59 bits per heavy atom. The Bertz CT molecular complexity index is 1630. The summed E-state index contributed by atoms with van der Waals surface area (Å²) in [5.41, 5.74) is 5.31. The Morgan fingerprint density at radius 3 is 2.32 bits per heavy atom. The fraction of sp³-hybridized carbons (Fsp3) is 0.273. The van der Waals surface area contributed by atoms with E-state index in [2.05, 4.69) is 10.7 Å². The van der Waals surface area contributed by atoms with Crippen molar-refractivity contribution in [2.75, 3.05) is 5.43 Å². The minimum absolute atomic E-state index is 0.00683. The second kappa shape index (κ2) is 9.16. The highest BCUT2D eigenvalue weighted by Crippen LogP contribution is 2.64. The van der Waals surface area contributed by atoms with Gasteiger partial charge in [-0.1, -0.05) is 77.9 Å². The number of rotatable bonds is 4. The molecule has 3 aromatic rings. The molecule has 1 saturated carbocycles. The zero-order valence-electron chi connectivity index (χ0n) is 22.4. The first-order valence-electron chi connectivity index (χ1n) is 13.9. The van der Waals surface area contributed by atoms with Crippen LogP contribution in [-0.4, -0.2) is 33.7 Å². The molecule has 0 spiro atoms. The number of nitrogens with one attached hydrogen (secondary N) is 2. The Hall–Kier alpha value is -4.72. The number of fused-ring (bicyclic) bond motifs is 4. The van der Waals surface area contributed by atoms with Crippen LogP contribution in [0.15, 0.2) is 90.5 Å². The summed E-state index contributed by atoms with van der Waals surface area (Å²) in [5, 5.41) is 14.8. The van der Waals surface area contributed by atoms with Gasteiger partial charge in [0.1, 0.15) is 5.75 Å². The number of hydrazine groups is 1. The van der Waals surface area contributed by atoms with Gasteiger partial charge in [-0.2, -0.15) is 5.01 Å². The largest absolute Gasteiger partial charge is 0.508 e. The van der Waals surface area contributed by atoms with Crippen LogP contribution in [-0.2, 0) is 24.6 Å². The normalized spacial score (nSPS) is 30.3. The number of phenols is 1. The van der Waals surface area contributed by atoms with Gasteiger partial charge < -0.3 is 5.11 Å². The number of hydrogen-bond donors (Lipinski definition) is 3. The molecule has 4 amide bonds. The maximum absolute atomic E-state index is 14.9. The molecule has 3 N–H and O–H groups in total. The number of anilines is 1. The van der Waals surface area contributed by atoms with E-state index in [1.807, 2.05) is 67.6 Å². The molecule has 2 heterocycles. The highest BCUT2D eigenvalue weighted by Gasteiger charge is 2.70. The summed E-state index contributed by atoms with van der Waals surface area (Å²) in [6, 6.07) is 23.6. The molecule has 0 aromatic heterocycles. The molecule has 8 heteroatoms. The molecule has 7 rings (SSSR count). The van der Waals surface area contributed by atoms with Crippen molar-refractivity contribution < 1.29 is 24.3 Å². The number of aromatic hydroxyl groups is 1. The van der Waals surface area contributed by atoms with Crippen LogP contribution >= 0.6 is 0 Å². The van der Waals surface area contributed by atoms with Crippen molar-refractivity contribution in [3.63, 3.8) is 0 Å². The predicted octanol–water partition coefficient (Wildman–Crippen LogP) is 3.97. The second-order valence-electron chi connectivity index (χ2n) is 11.5. The van der Waals surface area contributed by atoms with Gasteiger partial charge >= 0.3 is 0 Å². The third-order valence-corrected chi connectivity index (χ3v) is 9.48. The van der Waals surface area contributed by atoms with E-state index in [0.29, 0.717) is 23.2 Å².